The molecule has 0 aromatic heterocycles. The zero-order valence-electron chi connectivity index (χ0n) is 15.3. The molecule has 7 nitrogen and oxygen atoms in total. The first-order valence-electron chi connectivity index (χ1n) is 7.99. The number of nitrogens with one attached hydrogen (secondary N) is 1. The quantitative estimate of drug-likeness (QED) is 0.692. The maximum Gasteiger partial charge on any atom is 0.258 e. The van der Waals surface area contributed by atoms with Crippen LogP contribution in [-0.2, 0) is 0 Å². The van der Waals surface area contributed by atoms with E-state index in [0.717, 1.165) is 0 Å². The Hall–Kier alpha value is -3.09. The monoisotopic (exact) mass is 361 g/mol. The van der Waals surface area contributed by atoms with Gasteiger partial charge in [0, 0.05) is 0 Å². The molecule has 0 spiro atoms. The number of amides is 1. The number of ether oxygens (including phenoxy) is 5. The van der Waals surface area contributed by atoms with E-state index in [4.69, 9.17) is 23.7 Å². The van der Waals surface area contributed by atoms with E-state index >= 15 is 0 Å². The van der Waals surface area contributed by atoms with Gasteiger partial charge in [0.25, 0.3) is 5.91 Å². The van der Waals surface area contributed by atoms with Crippen molar-refractivity contribution in [3.63, 3.8) is 0 Å². The lowest BCUT2D eigenvalue weighted by Crippen LogP contribution is -2.28. The van der Waals surface area contributed by atoms with Crippen molar-refractivity contribution >= 4 is 5.91 Å². The molecule has 0 radical (unpaired) electrons. The minimum Gasteiger partial charge on any atom is -0.496 e. The summed E-state index contributed by atoms with van der Waals surface area (Å²) in [6.45, 7) is 0.549. The molecule has 2 aromatic carbocycles. The smallest absolute Gasteiger partial charge is 0.258 e. The Bertz CT molecular complexity index is 725. The zero-order chi connectivity index (χ0) is 18.9. The number of hydrogen-bond donors (Lipinski definition) is 1. The standard InChI is InChI=1S/C19H23NO6/c1-22-13-7-5-8-14(23-2)17(13)19(21)20-11-12-26-16-10-6-9-15(24-3)18(16)25-4/h5-10H,11-12H2,1-4H3,(H,20,21). The second-order valence-corrected chi connectivity index (χ2v) is 5.13. The van der Waals surface area contributed by atoms with E-state index < -0.39 is 0 Å². The van der Waals surface area contributed by atoms with Gasteiger partial charge < -0.3 is 29.0 Å². The topological polar surface area (TPSA) is 75.3 Å². The Morgan fingerprint density at radius 3 is 1.88 bits per heavy atom. The molecule has 2 rings (SSSR count). The molecule has 26 heavy (non-hydrogen) atoms. The summed E-state index contributed by atoms with van der Waals surface area (Å²) in [5.74, 6) is 2.20. The Balaban J connectivity index is 1.98. The number of rotatable bonds is 9. The summed E-state index contributed by atoms with van der Waals surface area (Å²) in [6.07, 6.45) is 0. The van der Waals surface area contributed by atoms with Crippen LogP contribution < -0.4 is 29.0 Å². The van der Waals surface area contributed by atoms with Gasteiger partial charge in [-0.05, 0) is 24.3 Å². The molecule has 0 aliphatic carbocycles. The van der Waals surface area contributed by atoms with Gasteiger partial charge in [0.1, 0.15) is 23.7 Å². The van der Waals surface area contributed by atoms with Crippen LogP contribution in [-0.4, -0.2) is 47.5 Å². The molecule has 2 aromatic rings. The molecule has 0 aliphatic rings. The van der Waals surface area contributed by atoms with Gasteiger partial charge in [0.2, 0.25) is 5.75 Å². The number of carbonyl (C=O) groups is 1. The normalized spacial score (nSPS) is 10.0. The maximum absolute atomic E-state index is 12.5. The van der Waals surface area contributed by atoms with Crippen molar-refractivity contribution in [2.24, 2.45) is 0 Å². The fourth-order valence-electron chi connectivity index (χ4n) is 2.46. The number of para-hydroxylation sites is 1. The Kier molecular flexibility index (Phi) is 6.96. The highest BCUT2D eigenvalue weighted by molar-refractivity contribution is 5.99. The Morgan fingerprint density at radius 2 is 1.35 bits per heavy atom. The minimum absolute atomic E-state index is 0.257. The lowest BCUT2D eigenvalue weighted by Gasteiger charge is -2.15. The number of benzene rings is 2. The first-order valence-corrected chi connectivity index (χ1v) is 7.99. The van der Waals surface area contributed by atoms with E-state index in [0.29, 0.717) is 40.9 Å². The van der Waals surface area contributed by atoms with Gasteiger partial charge in [-0.2, -0.15) is 0 Å². The maximum atomic E-state index is 12.5. The van der Waals surface area contributed by atoms with Gasteiger partial charge in [-0.15, -0.1) is 0 Å². The molecular formula is C19H23NO6. The summed E-state index contributed by atoms with van der Waals surface area (Å²) in [6, 6.07) is 10.5. The van der Waals surface area contributed by atoms with Crippen molar-refractivity contribution in [1.82, 2.24) is 5.32 Å². The van der Waals surface area contributed by atoms with Crippen molar-refractivity contribution < 1.29 is 28.5 Å². The van der Waals surface area contributed by atoms with E-state index in [1.165, 1.54) is 14.2 Å². The van der Waals surface area contributed by atoms with Crippen molar-refractivity contribution in [1.29, 1.82) is 0 Å². The van der Waals surface area contributed by atoms with Crippen LogP contribution in [0.3, 0.4) is 0 Å². The largest absolute Gasteiger partial charge is 0.496 e. The second-order valence-electron chi connectivity index (χ2n) is 5.13. The highest BCUT2D eigenvalue weighted by Crippen LogP contribution is 2.36. The minimum atomic E-state index is -0.305. The SMILES string of the molecule is COc1cccc(OCCNC(=O)c2c(OC)cccc2OC)c1OC. The molecule has 0 bridgehead atoms. The van der Waals surface area contributed by atoms with E-state index in [-0.39, 0.29) is 12.5 Å². The highest BCUT2D eigenvalue weighted by Gasteiger charge is 2.18. The average molecular weight is 361 g/mol. The number of methoxy groups -OCH3 is 4. The predicted octanol–water partition coefficient (Wildman–Crippen LogP) is 2.53. The summed E-state index contributed by atoms with van der Waals surface area (Å²) in [5, 5.41) is 2.79. The highest BCUT2D eigenvalue weighted by atomic mass is 16.5. The molecule has 0 saturated heterocycles. The second kappa shape index (κ2) is 9.41. The fraction of sp³-hybridized carbons (Fsp3) is 0.316. The van der Waals surface area contributed by atoms with Gasteiger partial charge in [-0.1, -0.05) is 12.1 Å². The Morgan fingerprint density at radius 1 is 0.808 bits per heavy atom. The van der Waals surface area contributed by atoms with Crippen LogP contribution in [0.2, 0.25) is 0 Å². The van der Waals surface area contributed by atoms with E-state index in [1.807, 2.05) is 0 Å². The summed E-state index contributed by atoms with van der Waals surface area (Å²) < 4.78 is 26.7. The number of carbonyl (C=O) groups excluding carboxylic acids is 1. The van der Waals surface area contributed by atoms with Crippen LogP contribution in [0.4, 0.5) is 0 Å². The van der Waals surface area contributed by atoms with Crippen LogP contribution in [0.15, 0.2) is 36.4 Å². The Labute approximate surface area is 152 Å². The third-order valence-corrected chi connectivity index (χ3v) is 3.67. The summed E-state index contributed by atoms with van der Waals surface area (Å²) in [7, 11) is 6.11. The average Bonchev–Trinajstić information content (AvgIpc) is 2.69. The van der Waals surface area contributed by atoms with Crippen LogP contribution in [0.1, 0.15) is 10.4 Å². The summed E-state index contributed by atoms with van der Waals surface area (Å²) in [4.78, 5) is 12.5. The molecule has 0 unspecified atom stereocenters. The predicted molar refractivity (Wildman–Crippen MR) is 96.9 cm³/mol. The van der Waals surface area contributed by atoms with Crippen LogP contribution in [0.5, 0.6) is 28.7 Å². The van der Waals surface area contributed by atoms with Crippen LogP contribution >= 0.6 is 0 Å². The lowest BCUT2D eigenvalue weighted by atomic mass is 10.1. The molecule has 1 amide bonds. The van der Waals surface area contributed by atoms with Crippen molar-refractivity contribution in [3.05, 3.63) is 42.0 Å². The van der Waals surface area contributed by atoms with Crippen LogP contribution in [0.25, 0.3) is 0 Å². The molecule has 0 atom stereocenters. The third-order valence-electron chi connectivity index (χ3n) is 3.67. The zero-order valence-corrected chi connectivity index (χ0v) is 15.3. The summed E-state index contributed by atoms with van der Waals surface area (Å²) >= 11 is 0. The molecular weight excluding hydrogens is 338 g/mol. The first-order chi connectivity index (χ1) is 12.7. The van der Waals surface area contributed by atoms with Gasteiger partial charge in [-0.25, -0.2) is 0 Å². The first kappa shape index (κ1) is 19.2. The fourth-order valence-corrected chi connectivity index (χ4v) is 2.46. The van der Waals surface area contributed by atoms with Gasteiger partial charge in [0.05, 0.1) is 35.0 Å². The molecule has 1 N–H and O–H groups in total. The van der Waals surface area contributed by atoms with Crippen LogP contribution in [0, 0.1) is 0 Å². The molecule has 0 saturated carbocycles. The number of hydrogen-bond acceptors (Lipinski definition) is 6. The molecule has 140 valence electrons. The van der Waals surface area contributed by atoms with E-state index in [2.05, 4.69) is 5.32 Å². The molecule has 0 fully saturated rings. The van der Waals surface area contributed by atoms with E-state index in [9.17, 15) is 4.79 Å². The molecule has 0 heterocycles. The molecule has 7 heteroatoms. The summed E-state index contributed by atoms with van der Waals surface area (Å²) in [5.41, 5.74) is 0.344. The van der Waals surface area contributed by atoms with Crippen molar-refractivity contribution in [2.75, 3.05) is 41.6 Å². The third kappa shape index (κ3) is 4.30. The van der Waals surface area contributed by atoms with Crippen molar-refractivity contribution in [2.45, 2.75) is 0 Å². The van der Waals surface area contributed by atoms with E-state index in [1.54, 1.807) is 50.6 Å². The van der Waals surface area contributed by atoms with Gasteiger partial charge >= 0.3 is 0 Å². The van der Waals surface area contributed by atoms with Gasteiger partial charge in [0.15, 0.2) is 11.5 Å². The molecule has 0 aliphatic heterocycles. The van der Waals surface area contributed by atoms with Gasteiger partial charge in [-0.3, -0.25) is 4.79 Å². The lowest BCUT2D eigenvalue weighted by molar-refractivity contribution is 0.0940. The van der Waals surface area contributed by atoms with Crippen molar-refractivity contribution in [3.8, 4) is 28.7 Å².